The van der Waals surface area contributed by atoms with Gasteiger partial charge in [-0.25, -0.2) is 18.8 Å². The van der Waals surface area contributed by atoms with Crippen LogP contribution in [0.3, 0.4) is 0 Å². The number of halogens is 2. The van der Waals surface area contributed by atoms with E-state index in [0.29, 0.717) is 17.9 Å². The molecule has 0 spiro atoms. The summed E-state index contributed by atoms with van der Waals surface area (Å²) in [5.41, 5.74) is 2.48. The van der Waals surface area contributed by atoms with Crippen LogP contribution in [-0.4, -0.2) is 48.5 Å². The fourth-order valence-corrected chi connectivity index (χ4v) is 4.60. The molecule has 34 heavy (non-hydrogen) atoms. The molecule has 0 aliphatic carbocycles. The van der Waals surface area contributed by atoms with Crippen LogP contribution in [0.4, 0.5) is 14.5 Å². The summed E-state index contributed by atoms with van der Waals surface area (Å²) < 4.78 is 34.7. The molecular formula is C23H27F2N3O5S. The molecule has 2 amide bonds. The second-order valence-corrected chi connectivity index (χ2v) is 12.3. The van der Waals surface area contributed by atoms with Gasteiger partial charge in [0.1, 0.15) is 23.4 Å². The lowest BCUT2D eigenvalue weighted by Crippen LogP contribution is -2.38. The summed E-state index contributed by atoms with van der Waals surface area (Å²) in [5, 5.41) is 14.4. The van der Waals surface area contributed by atoms with Crippen molar-refractivity contribution in [3.05, 3.63) is 65.4 Å². The van der Waals surface area contributed by atoms with Crippen molar-refractivity contribution >= 4 is 27.5 Å². The number of aliphatic hydroxyl groups excluding tert-OH is 1. The lowest BCUT2D eigenvalue weighted by atomic mass is 10.1. The van der Waals surface area contributed by atoms with Gasteiger partial charge in [0.25, 0.3) is 11.8 Å². The van der Waals surface area contributed by atoms with Gasteiger partial charge >= 0.3 is 0 Å². The minimum Gasteiger partial charge on any atom is -0.494 e. The Kier molecular flexibility index (Phi) is 7.80. The topological polar surface area (TPSA) is 109 Å². The van der Waals surface area contributed by atoms with Crippen LogP contribution >= 0.6 is 10.0 Å². The van der Waals surface area contributed by atoms with E-state index < -0.39 is 45.7 Å². The van der Waals surface area contributed by atoms with Crippen molar-refractivity contribution < 1.29 is 33.1 Å². The van der Waals surface area contributed by atoms with Gasteiger partial charge in [0, 0.05) is 11.8 Å². The van der Waals surface area contributed by atoms with Gasteiger partial charge in [0.15, 0.2) is 6.23 Å². The van der Waals surface area contributed by atoms with E-state index >= 15 is 0 Å². The maximum absolute atomic E-state index is 14.6. The Hall–Kier alpha value is -3.15. The monoisotopic (exact) mass is 495 g/mol. The highest BCUT2D eigenvalue weighted by Gasteiger charge is 2.29. The van der Waals surface area contributed by atoms with Crippen LogP contribution in [0.5, 0.6) is 5.75 Å². The molecule has 1 aliphatic heterocycles. The van der Waals surface area contributed by atoms with Crippen molar-refractivity contribution in [1.82, 2.24) is 10.8 Å². The van der Waals surface area contributed by atoms with E-state index in [9.17, 15) is 23.5 Å². The fourth-order valence-electron chi connectivity index (χ4n) is 3.31. The van der Waals surface area contributed by atoms with Crippen molar-refractivity contribution in [3.63, 3.8) is 0 Å². The predicted molar refractivity (Wildman–Crippen MR) is 125 cm³/mol. The first kappa shape index (κ1) is 25.5. The summed E-state index contributed by atoms with van der Waals surface area (Å²) in [4.78, 5) is 30.6. The third-order valence-corrected chi connectivity index (χ3v) is 6.38. The molecule has 0 radical (unpaired) electrons. The lowest BCUT2D eigenvalue weighted by molar-refractivity contribution is -0.127. The number of anilines is 1. The number of carbonyl (C=O) groups excluding carboxylic acids is 2. The van der Waals surface area contributed by atoms with Crippen LogP contribution in [0.2, 0.25) is 0 Å². The van der Waals surface area contributed by atoms with Crippen molar-refractivity contribution in [3.8, 4) is 5.75 Å². The molecule has 0 fully saturated rings. The van der Waals surface area contributed by atoms with Crippen LogP contribution in [0.25, 0.3) is 0 Å². The number of hydroxylamine groups is 1. The van der Waals surface area contributed by atoms with Gasteiger partial charge in [-0.05, 0) is 55.5 Å². The Morgan fingerprint density at radius 2 is 1.79 bits per heavy atom. The van der Waals surface area contributed by atoms with E-state index in [0.717, 1.165) is 18.2 Å². The third kappa shape index (κ3) is 6.04. The van der Waals surface area contributed by atoms with Gasteiger partial charge in [-0.2, -0.15) is 0 Å². The van der Waals surface area contributed by atoms with Gasteiger partial charge in [-0.1, -0.05) is 12.1 Å². The second kappa shape index (κ2) is 10.4. The van der Waals surface area contributed by atoms with Crippen molar-refractivity contribution in [2.24, 2.45) is 0 Å². The third-order valence-electron chi connectivity index (χ3n) is 4.76. The van der Waals surface area contributed by atoms with E-state index in [4.69, 9.17) is 9.57 Å². The molecule has 1 aliphatic rings. The van der Waals surface area contributed by atoms with E-state index in [1.807, 2.05) is 6.92 Å². The number of amides is 2. The molecule has 11 heteroatoms. The molecular weight excluding hydrogens is 468 g/mol. The summed E-state index contributed by atoms with van der Waals surface area (Å²) >= 11 is 0. The van der Waals surface area contributed by atoms with Crippen molar-refractivity contribution in [2.45, 2.75) is 24.1 Å². The molecule has 2 aromatic rings. The van der Waals surface area contributed by atoms with E-state index in [-0.39, 0.29) is 16.3 Å². The SMILES string of the molecule is CCOc1ccc(C(NC(=O)C2=CC(O)NO2)C(=O)Nc2cc(F)c(S(C)(C)C)c(F)c2)cc1. The summed E-state index contributed by atoms with van der Waals surface area (Å²) in [6.07, 6.45) is 5.23. The molecule has 8 nitrogen and oxygen atoms in total. The van der Waals surface area contributed by atoms with Gasteiger partial charge in [-0.15, -0.1) is 5.48 Å². The average molecular weight is 496 g/mol. The molecule has 0 aromatic heterocycles. The molecule has 0 bridgehead atoms. The molecule has 2 unspecified atom stereocenters. The number of benzene rings is 2. The van der Waals surface area contributed by atoms with E-state index in [1.54, 1.807) is 43.0 Å². The van der Waals surface area contributed by atoms with Crippen LogP contribution in [-0.2, 0) is 14.4 Å². The van der Waals surface area contributed by atoms with E-state index in [1.165, 1.54) is 0 Å². The fraction of sp³-hybridized carbons (Fsp3) is 0.304. The Morgan fingerprint density at radius 3 is 2.29 bits per heavy atom. The zero-order chi connectivity index (χ0) is 25.0. The molecule has 0 saturated heterocycles. The highest BCUT2D eigenvalue weighted by molar-refractivity contribution is 8.32. The molecule has 2 atom stereocenters. The standard InChI is InChI=1S/C23H27F2N3O5S/c1-5-32-15-8-6-13(7-9-15)20(27-22(30)18-12-19(29)28-33-18)23(31)26-14-10-16(24)21(17(25)11-14)34(2,3)4/h6-12,19-20,28-29H,5H2,1-4H3,(H,26,31)(H,27,30). The number of rotatable bonds is 8. The number of nitrogens with one attached hydrogen (secondary N) is 3. The van der Waals surface area contributed by atoms with Gasteiger partial charge in [0.05, 0.1) is 11.5 Å². The maximum atomic E-state index is 14.6. The smallest absolute Gasteiger partial charge is 0.289 e. The highest BCUT2D eigenvalue weighted by Crippen LogP contribution is 2.48. The van der Waals surface area contributed by atoms with Crippen molar-refractivity contribution in [2.75, 3.05) is 30.7 Å². The summed E-state index contributed by atoms with van der Waals surface area (Å²) in [5.74, 6) is -2.70. The summed E-state index contributed by atoms with van der Waals surface area (Å²) in [6.45, 7) is 2.27. The molecule has 184 valence electrons. The second-order valence-electron chi connectivity index (χ2n) is 8.20. The number of aliphatic hydroxyl groups is 1. The molecule has 2 aromatic carbocycles. The van der Waals surface area contributed by atoms with Gasteiger partial charge < -0.3 is 25.3 Å². The minimum absolute atomic E-state index is 0.0155. The van der Waals surface area contributed by atoms with Gasteiger partial charge in [0.2, 0.25) is 5.76 Å². The van der Waals surface area contributed by atoms with Crippen LogP contribution in [0.1, 0.15) is 18.5 Å². The summed E-state index contributed by atoms with van der Waals surface area (Å²) in [6, 6.07) is 7.27. The van der Waals surface area contributed by atoms with E-state index in [2.05, 4.69) is 16.1 Å². The quantitative estimate of drug-likeness (QED) is 0.449. The Bertz CT molecular complexity index is 1080. The maximum Gasteiger partial charge on any atom is 0.289 e. The number of ether oxygens (including phenoxy) is 1. The molecule has 1 heterocycles. The zero-order valence-corrected chi connectivity index (χ0v) is 20.0. The number of hydrogen-bond acceptors (Lipinski definition) is 6. The Labute approximate surface area is 197 Å². The average Bonchev–Trinajstić information content (AvgIpc) is 3.17. The van der Waals surface area contributed by atoms with Crippen LogP contribution in [0.15, 0.2) is 53.1 Å². The van der Waals surface area contributed by atoms with Gasteiger partial charge in [-0.3, -0.25) is 9.59 Å². The predicted octanol–water partition coefficient (Wildman–Crippen LogP) is 2.95. The first-order chi connectivity index (χ1) is 16.0. The largest absolute Gasteiger partial charge is 0.494 e. The highest BCUT2D eigenvalue weighted by atomic mass is 32.3. The molecule has 3 rings (SSSR count). The Balaban J connectivity index is 1.88. The Morgan fingerprint density at radius 1 is 1.18 bits per heavy atom. The van der Waals surface area contributed by atoms with Crippen LogP contribution < -0.4 is 20.9 Å². The normalized spacial score (nSPS) is 16.8. The zero-order valence-electron chi connectivity index (χ0n) is 19.1. The lowest BCUT2D eigenvalue weighted by Gasteiger charge is -2.27. The number of carbonyl (C=O) groups is 2. The minimum atomic E-state index is -1.69. The first-order valence-electron chi connectivity index (χ1n) is 10.3. The van der Waals surface area contributed by atoms with Crippen LogP contribution in [0, 0.1) is 11.6 Å². The first-order valence-corrected chi connectivity index (χ1v) is 13.2. The molecule has 0 saturated carbocycles. The summed E-state index contributed by atoms with van der Waals surface area (Å²) in [7, 11) is -1.69. The number of hydrogen-bond donors (Lipinski definition) is 4. The molecule has 4 N–H and O–H groups in total. The van der Waals surface area contributed by atoms with Crippen molar-refractivity contribution in [1.29, 1.82) is 0 Å².